The van der Waals surface area contributed by atoms with Crippen molar-refractivity contribution >= 4 is 37.8 Å². The molecular formula is C23H31FN4O5S2. The summed E-state index contributed by atoms with van der Waals surface area (Å²) < 4.78 is 45.7. The molecule has 35 heavy (non-hydrogen) atoms. The number of hydrogen-bond acceptors (Lipinski definition) is 7. The third-order valence-corrected chi connectivity index (χ3v) is 9.08. The number of halogens is 1. The van der Waals surface area contributed by atoms with Gasteiger partial charge in [-0.1, -0.05) is 26.8 Å². The lowest BCUT2D eigenvalue weighted by Gasteiger charge is -2.45. The molecule has 2 aliphatic rings. The Hall–Kier alpha value is -2.47. The van der Waals surface area contributed by atoms with Gasteiger partial charge in [0.05, 0.1) is 17.1 Å². The molecule has 0 radical (unpaired) electrons. The Kier molecular flexibility index (Phi) is 6.73. The first kappa shape index (κ1) is 25.6. The van der Waals surface area contributed by atoms with Crippen LogP contribution in [0.4, 0.5) is 9.18 Å². The second kappa shape index (κ2) is 9.20. The van der Waals surface area contributed by atoms with Gasteiger partial charge in [-0.25, -0.2) is 27.1 Å². The maximum atomic E-state index is 14.6. The normalized spacial score (nSPS) is 24.7. The molecule has 2 aromatic rings. The third-order valence-electron chi connectivity index (χ3n) is 6.83. The Morgan fingerprint density at radius 1 is 1.37 bits per heavy atom. The van der Waals surface area contributed by atoms with Crippen molar-refractivity contribution < 1.29 is 27.4 Å². The molecule has 1 aliphatic carbocycles. The third kappa shape index (κ3) is 5.37. The molecule has 0 spiro atoms. The standard InChI is InChI=1S/C23H31FN4O5S2/c1-13(14-8-9-27(22(29)30)19(10-14)23(2,3)4)33-21-26-28-12-18(25-20(28)34-21)16-7-6-15(11-17(16)24)35(5,31)32/h7,11-15,19H,6,8-10H2,1-5H3,(H,29,30). The highest BCUT2D eigenvalue weighted by molar-refractivity contribution is 7.91. The number of carbonyl (C=O) groups is 1. The molecule has 0 bridgehead atoms. The van der Waals surface area contributed by atoms with E-state index in [1.54, 1.807) is 12.3 Å². The number of rotatable bonds is 5. The lowest BCUT2D eigenvalue weighted by Crippen LogP contribution is -2.53. The minimum atomic E-state index is -3.37. The molecule has 1 fully saturated rings. The van der Waals surface area contributed by atoms with E-state index in [4.69, 9.17) is 4.74 Å². The maximum absolute atomic E-state index is 14.6. The van der Waals surface area contributed by atoms with Gasteiger partial charge >= 0.3 is 6.09 Å². The topological polar surface area (TPSA) is 114 Å². The van der Waals surface area contributed by atoms with Crippen molar-refractivity contribution in [2.45, 2.75) is 64.4 Å². The van der Waals surface area contributed by atoms with Crippen LogP contribution in [0, 0.1) is 11.3 Å². The van der Waals surface area contributed by atoms with Crippen LogP contribution in [0.25, 0.3) is 10.5 Å². The van der Waals surface area contributed by atoms with Crippen molar-refractivity contribution in [3.8, 4) is 5.19 Å². The molecule has 1 N–H and O–H groups in total. The van der Waals surface area contributed by atoms with Gasteiger partial charge in [0, 0.05) is 24.4 Å². The van der Waals surface area contributed by atoms with E-state index >= 15 is 0 Å². The highest BCUT2D eigenvalue weighted by atomic mass is 32.2. The monoisotopic (exact) mass is 526 g/mol. The summed E-state index contributed by atoms with van der Waals surface area (Å²) in [5.41, 5.74) is 0.462. The van der Waals surface area contributed by atoms with Crippen molar-refractivity contribution in [2.24, 2.45) is 11.3 Å². The first-order chi connectivity index (χ1) is 16.2. The first-order valence-electron chi connectivity index (χ1n) is 11.5. The number of amides is 1. The Labute approximate surface area is 208 Å². The van der Waals surface area contributed by atoms with Gasteiger partial charge < -0.3 is 14.7 Å². The Bertz CT molecular complexity index is 1260. The molecular weight excluding hydrogens is 495 g/mol. The van der Waals surface area contributed by atoms with E-state index in [-0.39, 0.29) is 35.5 Å². The van der Waals surface area contributed by atoms with Crippen LogP contribution >= 0.6 is 11.3 Å². The van der Waals surface area contributed by atoms with E-state index in [0.29, 0.717) is 35.2 Å². The van der Waals surface area contributed by atoms with E-state index in [1.807, 2.05) is 6.92 Å². The molecule has 12 heteroatoms. The zero-order chi connectivity index (χ0) is 25.7. The highest BCUT2D eigenvalue weighted by Gasteiger charge is 2.40. The van der Waals surface area contributed by atoms with Gasteiger partial charge in [0.15, 0.2) is 9.84 Å². The van der Waals surface area contributed by atoms with Crippen LogP contribution in [0.1, 0.15) is 52.7 Å². The Balaban J connectivity index is 1.45. The van der Waals surface area contributed by atoms with Crippen LogP contribution in [0.5, 0.6) is 5.19 Å². The van der Waals surface area contributed by atoms with Gasteiger partial charge in [-0.2, -0.15) is 0 Å². The molecule has 2 aromatic heterocycles. The van der Waals surface area contributed by atoms with Gasteiger partial charge in [-0.15, -0.1) is 5.10 Å². The molecule has 4 rings (SSSR count). The molecule has 1 aliphatic heterocycles. The molecule has 1 amide bonds. The largest absolute Gasteiger partial charge is 0.466 e. The van der Waals surface area contributed by atoms with Gasteiger partial charge in [0.1, 0.15) is 11.9 Å². The van der Waals surface area contributed by atoms with Crippen molar-refractivity contribution in [1.29, 1.82) is 0 Å². The predicted octanol–water partition coefficient (Wildman–Crippen LogP) is 4.42. The summed E-state index contributed by atoms with van der Waals surface area (Å²) in [6, 6.07) is -0.102. The summed E-state index contributed by atoms with van der Waals surface area (Å²) in [4.78, 5) is 18.2. The second-order valence-electron chi connectivity index (χ2n) is 10.4. The fourth-order valence-electron chi connectivity index (χ4n) is 4.76. The molecule has 4 atom stereocenters. The van der Waals surface area contributed by atoms with Crippen LogP contribution < -0.4 is 4.74 Å². The number of ether oxygens (including phenoxy) is 1. The smallest absolute Gasteiger partial charge is 0.407 e. The fraction of sp³-hybridized carbons (Fsp3) is 0.609. The average molecular weight is 527 g/mol. The molecule has 9 nitrogen and oxygen atoms in total. The molecule has 0 saturated carbocycles. The zero-order valence-corrected chi connectivity index (χ0v) is 22.1. The van der Waals surface area contributed by atoms with Crippen molar-refractivity contribution in [3.63, 3.8) is 0 Å². The van der Waals surface area contributed by atoms with Gasteiger partial charge in [-0.3, -0.25) is 0 Å². The van der Waals surface area contributed by atoms with Crippen molar-refractivity contribution in [2.75, 3.05) is 12.8 Å². The minimum absolute atomic E-state index is 0.102. The quantitative estimate of drug-likeness (QED) is 0.614. The molecule has 0 aromatic carbocycles. The summed E-state index contributed by atoms with van der Waals surface area (Å²) in [7, 11) is -3.37. The van der Waals surface area contributed by atoms with E-state index in [9.17, 15) is 22.7 Å². The van der Waals surface area contributed by atoms with Crippen LogP contribution in [-0.2, 0) is 9.84 Å². The summed E-state index contributed by atoms with van der Waals surface area (Å²) in [6.45, 7) is 8.60. The molecule has 1 saturated heterocycles. The maximum Gasteiger partial charge on any atom is 0.407 e. The van der Waals surface area contributed by atoms with Gasteiger partial charge in [0.25, 0.3) is 5.19 Å². The number of nitrogens with zero attached hydrogens (tertiary/aromatic N) is 4. The molecule has 192 valence electrons. The van der Waals surface area contributed by atoms with E-state index < -0.39 is 27.0 Å². The van der Waals surface area contributed by atoms with E-state index in [2.05, 4.69) is 30.9 Å². The van der Waals surface area contributed by atoms with Crippen LogP contribution in [-0.4, -0.2) is 69.3 Å². The molecule has 4 unspecified atom stereocenters. The number of carboxylic acid groups (broad SMARTS) is 1. The number of imidazole rings is 1. The summed E-state index contributed by atoms with van der Waals surface area (Å²) in [6.07, 6.45) is 5.94. The first-order valence-corrected chi connectivity index (χ1v) is 14.3. The van der Waals surface area contributed by atoms with Crippen LogP contribution in [0.3, 0.4) is 0 Å². The van der Waals surface area contributed by atoms with E-state index in [0.717, 1.165) is 12.3 Å². The summed E-state index contributed by atoms with van der Waals surface area (Å²) >= 11 is 1.24. The van der Waals surface area contributed by atoms with Crippen LogP contribution in [0.15, 0.2) is 24.2 Å². The number of aromatic nitrogens is 3. The second-order valence-corrected chi connectivity index (χ2v) is 13.6. The summed E-state index contributed by atoms with van der Waals surface area (Å²) in [5, 5.41) is 13.6. The van der Waals surface area contributed by atoms with Crippen molar-refractivity contribution in [1.82, 2.24) is 19.5 Å². The highest BCUT2D eigenvalue weighted by Crippen LogP contribution is 2.37. The zero-order valence-electron chi connectivity index (χ0n) is 20.4. The Morgan fingerprint density at radius 2 is 2.09 bits per heavy atom. The average Bonchev–Trinajstić information content (AvgIpc) is 3.30. The van der Waals surface area contributed by atoms with Crippen LogP contribution in [0.2, 0.25) is 0 Å². The lowest BCUT2D eigenvalue weighted by atomic mass is 9.76. The van der Waals surface area contributed by atoms with Gasteiger partial charge in [0.2, 0.25) is 4.96 Å². The number of piperidine rings is 1. The number of likely N-dealkylation sites (tertiary alicyclic amines) is 1. The molecule has 3 heterocycles. The fourth-order valence-corrected chi connectivity index (χ4v) is 6.39. The van der Waals surface area contributed by atoms with Crippen molar-refractivity contribution in [3.05, 3.63) is 29.9 Å². The minimum Gasteiger partial charge on any atom is -0.466 e. The lowest BCUT2D eigenvalue weighted by molar-refractivity contribution is 0.0119. The number of hydrogen-bond donors (Lipinski definition) is 1. The number of fused-ring (bicyclic) bond motifs is 1. The number of allylic oxidation sites excluding steroid dienone is 3. The SMILES string of the molecule is CC(Oc1nn2cc(C3=CCC(S(C)(=O)=O)C=C3F)nc2s1)C1CCN(C(=O)O)C(C(C)(C)C)C1. The van der Waals surface area contributed by atoms with E-state index in [1.165, 1.54) is 20.8 Å². The Morgan fingerprint density at radius 3 is 2.66 bits per heavy atom. The summed E-state index contributed by atoms with van der Waals surface area (Å²) in [5.74, 6) is -0.431. The van der Waals surface area contributed by atoms with Gasteiger partial charge in [-0.05, 0) is 54.9 Å². The number of sulfone groups is 1. The predicted molar refractivity (Wildman–Crippen MR) is 132 cm³/mol.